The van der Waals surface area contributed by atoms with Crippen LogP contribution in [0.1, 0.15) is 24.0 Å². The topological polar surface area (TPSA) is 70.6 Å². The number of rotatable bonds is 9. The lowest BCUT2D eigenvalue weighted by molar-refractivity contribution is -0.118. The number of carbonyl (C=O) groups excluding carboxylic acids is 1. The molecule has 0 unspecified atom stereocenters. The van der Waals surface area contributed by atoms with Crippen molar-refractivity contribution in [1.29, 1.82) is 0 Å². The summed E-state index contributed by atoms with van der Waals surface area (Å²) in [6.07, 6.45) is 0.646. The summed E-state index contributed by atoms with van der Waals surface area (Å²) in [5.74, 6) is -0.489. The number of fused-ring (bicyclic) bond motifs is 1. The minimum Gasteiger partial charge on any atom is -0.309 e. The zero-order valence-electron chi connectivity index (χ0n) is 18.8. The van der Waals surface area contributed by atoms with Crippen molar-refractivity contribution in [3.05, 3.63) is 52.5 Å². The Morgan fingerprint density at radius 3 is 2.41 bits per heavy atom. The maximum Gasteiger partial charge on any atom is 0.229 e. The standard InChI is InChI=1S/C23H28ClN3O3S2/c1-16-6-8-18(9-7-16)32(29,30)15-12-21(28)27(14-5-13-26(3)4)23-25-22-17(2)19(24)10-11-20(22)31-23/h6-11H,5,12-15H2,1-4H3. The van der Waals surface area contributed by atoms with E-state index in [2.05, 4.69) is 4.98 Å². The number of amides is 1. The van der Waals surface area contributed by atoms with Gasteiger partial charge in [0.15, 0.2) is 15.0 Å². The van der Waals surface area contributed by atoms with Gasteiger partial charge < -0.3 is 4.90 Å². The van der Waals surface area contributed by atoms with Gasteiger partial charge in [-0.1, -0.05) is 40.6 Å². The van der Waals surface area contributed by atoms with Gasteiger partial charge in [0.05, 0.1) is 20.9 Å². The molecule has 3 aromatic rings. The molecule has 0 spiro atoms. The number of anilines is 1. The highest BCUT2D eigenvalue weighted by atomic mass is 35.5. The molecule has 0 N–H and O–H groups in total. The smallest absolute Gasteiger partial charge is 0.229 e. The summed E-state index contributed by atoms with van der Waals surface area (Å²) in [5.41, 5.74) is 2.63. The van der Waals surface area contributed by atoms with Crippen LogP contribution in [0.25, 0.3) is 10.2 Å². The van der Waals surface area contributed by atoms with Crippen molar-refractivity contribution in [2.24, 2.45) is 0 Å². The van der Waals surface area contributed by atoms with E-state index >= 15 is 0 Å². The van der Waals surface area contributed by atoms with Gasteiger partial charge in [0.2, 0.25) is 5.91 Å². The summed E-state index contributed by atoms with van der Waals surface area (Å²) < 4.78 is 26.4. The van der Waals surface area contributed by atoms with Crippen LogP contribution in [0.5, 0.6) is 0 Å². The highest BCUT2D eigenvalue weighted by Gasteiger charge is 2.23. The second-order valence-electron chi connectivity index (χ2n) is 8.10. The normalized spacial score (nSPS) is 11.9. The minimum atomic E-state index is -3.55. The summed E-state index contributed by atoms with van der Waals surface area (Å²) in [7, 11) is 0.402. The molecule has 0 radical (unpaired) electrons. The molecule has 0 saturated heterocycles. The summed E-state index contributed by atoms with van der Waals surface area (Å²) in [6, 6.07) is 10.4. The molecule has 2 aromatic carbocycles. The van der Waals surface area contributed by atoms with Gasteiger partial charge in [-0.05, 0) is 70.7 Å². The molecular weight excluding hydrogens is 466 g/mol. The largest absolute Gasteiger partial charge is 0.309 e. The molecule has 1 amide bonds. The molecule has 6 nitrogen and oxygen atoms in total. The van der Waals surface area contributed by atoms with Gasteiger partial charge in [0.1, 0.15) is 0 Å². The highest BCUT2D eigenvalue weighted by molar-refractivity contribution is 7.91. The third-order valence-corrected chi connectivity index (χ3v) is 8.41. The molecule has 0 bridgehead atoms. The van der Waals surface area contributed by atoms with Crippen LogP contribution < -0.4 is 4.90 Å². The molecule has 172 valence electrons. The molecule has 0 saturated carbocycles. The van der Waals surface area contributed by atoms with Crippen molar-refractivity contribution in [1.82, 2.24) is 9.88 Å². The zero-order chi connectivity index (χ0) is 23.5. The Labute approximate surface area is 198 Å². The predicted molar refractivity (Wildman–Crippen MR) is 133 cm³/mol. The Morgan fingerprint density at radius 2 is 1.75 bits per heavy atom. The number of thiazole rings is 1. The van der Waals surface area contributed by atoms with Gasteiger partial charge in [-0.15, -0.1) is 0 Å². The Hall–Kier alpha value is -2.00. The van der Waals surface area contributed by atoms with Gasteiger partial charge in [-0.2, -0.15) is 0 Å². The number of benzene rings is 2. The maximum atomic E-state index is 13.2. The van der Waals surface area contributed by atoms with Crippen LogP contribution in [0, 0.1) is 13.8 Å². The van der Waals surface area contributed by atoms with E-state index in [9.17, 15) is 13.2 Å². The quantitative estimate of drug-likeness (QED) is 0.431. The Morgan fingerprint density at radius 1 is 1.06 bits per heavy atom. The van der Waals surface area contributed by atoms with Crippen molar-refractivity contribution in [3.63, 3.8) is 0 Å². The molecule has 32 heavy (non-hydrogen) atoms. The molecule has 0 aliphatic heterocycles. The number of hydrogen-bond acceptors (Lipinski definition) is 6. The van der Waals surface area contributed by atoms with Crippen LogP contribution >= 0.6 is 22.9 Å². The monoisotopic (exact) mass is 493 g/mol. The van der Waals surface area contributed by atoms with Crippen LogP contribution in [0.15, 0.2) is 41.3 Å². The molecule has 0 aliphatic rings. The van der Waals surface area contributed by atoms with Gasteiger partial charge in [-0.3, -0.25) is 9.69 Å². The zero-order valence-corrected chi connectivity index (χ0v) is 21.1. The lowest BCUT2D eigenvalue weighted by atomic mass is 10.2. The third kappa shape index (κ3) is 5.86. The highest BCUT2D eigenvalue weighted by Crippen LogP contribution is 2.34. The molecule has 9 heteroatoms. The van der Waals surface area contributed by atoms with Crippen molar-refractivity contribution in [3.8, 4) is 0 Å². The van der Waals surface area contributed by atoms with Crippen molar-refractivity contribution in [2.75, 3.05) is 37.8 Å². The van der Waals surface area contributed by atoms with Crippen LogP contribution in [-0.2, 0) is 14.6 Å². The first kappa shape index (κ1) is 24.6. The summed E-state index contributed by atoms with van der Waals surface area (Å²) in [4.78, 5) is 21.8. The fourth-order valence-corrected chi connectivity index (χ4v) is 5.75. The number of halogens is 1. The molecule has 0 fully saturated rings. The summed E-state index contributed by atoms with van der Waals surface area (Å²) in [6.45, 7) is 5.08. The second kappa shape index (κ2) is 10.3. The van der Waals surface area contributed by atoms with Crippen LogP contribution in [0.4, 0.5) is 5.13 Å². The Balaban J connectivity index is 1.82. The Kier molecular flexibility index (Phi) is 7.92. The van der Waals surface area contributed by atoms with Crippen molar-refractivity contribution < 1.29 is 13.2 Å². The molecule has 1 aromatic heterocycles. The number of aromatic nitrogens is 1. The van der Waals surface area contributed by atoms with E-state index in [0.29, 0.717) is 16.7 Å². The van der Waals surface area contributed by atoms with Gasteiger partial charge in [0.25, 0.3) is 0 Å². The number of aryl methyl sites for hydroxylation is 2. The number of nitrogens with zero attached hydrogens (tertiary/aromatic N) is 3. The fraction of sp³-hybridized carbons (Fsp3) is 0.391. The lowest BCUT2D eigenvalue weighted by Crippen LogP contribution is -2.34. The first-order valence-electron chi connectivity index (χ1n) is 10.4. The summed E-state index contributed by atoms with van der Waals surface area (Å²) >= 11 is 7.66. The SMILES string of the molecule is Cc1ccc(S(=O)(=O)CCC(=O)N(CCCN(C)C)c2nc3c(C)c(Cl)ccc3s2)cc1. The number of hydrogen-bond donors (Lipinski definition) is 0. The molecule has 0 aliphatic carbocycles. The Bertz CT molecular complexity index is 1210. The van der Waals surface area contributed by atoms with Crippen LogP contribution in [0.3, 0.4) is 0 Å². The average molecular weight is 494 g/mol. The van der Waals surface area contributed by atoms with Gasteiger partial charge in [0, 0.05) is 18.0 Å². The minimum absolute atomic E-state index is 0.103. The van der Waals surface area contributed by atoms with Crippen LogP contribution in [-0.4, -0.2) is 57.1 Å². The van der Waals surface area contributed by atoms with E-state index in [1.165, 1.54) is 11.3 Å². The molecule has 3 rings (SSSR count). The molecule has 1 heterocycles. The van der Waals surface area contributed by atoms with E-state index in [4.69, 9.17) is 11.6 Å². The van der Waals surface area contributed by atoms with Crippen molar-refractivity contribution in [2.45, 2.75) is 31.6 Å². The first-order chi connectivity index (χ1) is 15.1. The van der Waals surface area contributed by atoms with E-state index in [-0.39, 0.29) is 23.0 Å². The average Bonchev–Trinajstić information content (AvgIpc) is 3.17. The van der Waals surface area contributed by atoms with E-state index in [1.807, 2.05) is 45.0 Å². The van der Waals surface area contributed by atoms with Crippen molar-refractivity contribution >= 4 is 54.0 Å². The third-order valence-electron chi connectivity index (χ3n) is 5.22. The molecule has 0 atom stereocenters. The maximum absolute atomic E-state index is 13.2. The first-order valence-corrected chi connectivity index (χ1v) is 13.2. The number of carbonyl (C=O) groups is 1. The molecular formula is C23H28ClN3O3S2. The van der Waals surface area contributed by atoms with E-state index in [1.54, 1.807) is 29.2 Å². The number of sulfone groups is 1. The fourth-order valence-electron chi connectivity index (χ4n) is 3.30. The lowest BCUT2D eigenvalue weighted by Gasteiger charge is -2.21. The van der Waals surface area contributed by atoms with Gasteiger partial charge in [-0.25, -0.2) is 13.4 Å². The summed E-state index contributed by atoms with van der Waals surface area (Å²) in [5, 5.41) is 1.20. The van der Waals surface area contributed by atoms with E-state index < -0.39 is 9.84 Å². The second-order valence-corrected chi connectivity index (χ2v) is 11.6. The van der Waals surface area contributed by atoms with Crippen LogP contribution in [0.2, 0.25) is 5.02 Å². The van der Waals surface area contributed by atoms with E-state index in [0.717, 1.165) is 34.3 Å². The van der Waals surface area contributed by atoms with Gasteiger partial charge >= 0.3 is 0 Å². The predicted octanol–water partition coefficient (Wildman–Crippen LogP) is 4.72.